The molecule has 7 nitrogen and oxygen atoms in total. The second-order valence-corrected chi connectivity index (χ2v) is 9.14. The highest BCUT2D eigenvalue weighted by Gasteiger charge is 2.59. The first kappa shape index (κ1) is 23.3. The van der Waals surface area contributed by atoms with E-state index in [0.29, 0.717) is 0 Å². The first-order valence-corrected chi connectivity index (χ1v) is 10.6. The highest BCUT2D eigenvalue weighted by atomic mass is 35.5. The molecule has 2 aromatic heterocycles. The number of fused-ring (bicyclic) bond motifs is 1. The van der Waals surface area contributed by atoms with Gasteiger partial charge in [-0.05, 0) is 19.1 Å². The molecular weight excluding hydrogens is 473 g/mol. The Morgan fingerprint density at radius 2 is 1.97 bits per heavy atom. The number of hydrogen-bond donors (Lipinski definition) is 1. The van der Waals surface area contributed by atoms with E-state index in [1.807, 2.05) is 0 Å². The lowest BCUT2D eigenvalue weighted by molar-refractivity contribution is -0.276. The Hall–Kier alpha value is -2.38. The van der Waals surface area contributed by atoms with Crippen LogP contribution in [0.15, 0.2) is 29.3 Å². The molecule has 0 bridgehead atoms. The normalized spacial score (nSPS) is 16.5. The molecule has 0 aliphatic carbocycles. The Morgan fingerprint density at radius 1 is 1.29 bits per heavy atom. The molecule has 0 fully saturated rings. The van der Waals surface area contributed by atoms with Gasteiger partial charge in [0.1, 0.15) is 29.8 Å². The monoisotopic (exact) mass is 486 g/mol. The Bertz CT molecular complexity index is 1080. The van der Waals surface area contributed by atoms with Crippen molar-refractivity contribution in [1.82, 2.24) is 9.97 Å². The fraction of sp³-hybridized carbons (Fsp3) is 0.353. The summed E-state index contributed by atoms with van der Waals surface area (Å²) >= 11 is 5.88. The van der Waals surface area contributed by atoms with E-state index in [9.17, 15) is 35.5 Å². The van der Waals surface area contributed by atoms with Crippen LogP contribution in [-0.4, -0.2) is 45.0 Å². The van der Waals surface area contributed by atoms with Gasteiger partial charge >= 0.3 is 18.2 Å². The maximum Gasteiger partial charge on any atom is 0.455 e. The summed E-state index contributed by atoms with van der Waals surface area (Å²) in [5, 5.41) is -0.0255. The standard InChI is InChI=1S/C17H13ClF5N3O4S/c1-2-31(28,29)12-3-4-13(18)25-14(12)10-5-9-7-30-15(27)26(11(9)6-24-10)8-16(19,20)17(21,22)23/h3-6H,2,7-8H2,1H3/p+1. The molecule has 3 rings (SSSR count). The molecule has 1 unspecified atom stereocenters. The zero-order valence-corrected chi connectivity index (χ0v) is 17.2. The van der Waals surface area contributed by atoms with Crippen LogP contribution in [0.1, 0.15) is 12.5 Å². The predicted octanol–water partition coefficient (Wildman–Crippen LogP) is 4.80. The third-order valence-electron chi connectivity index (χ3n) is 4.40. The molecule has 1 amide bonds. The summed E-state index contributed by atoms with van der Waals surface area (Å²) in [6.45, 7) is -0.959. The third-order valence-corrected chi connectivity index (χ3v) is 6.41. The van der Waals surface area contributed by atoms with Crippen molar-refractivity contribution in [1.29, 1.82) is 0 Å². The minimum Gasteiger partial charge on any atom is -0.444 e. The molecule has 0 aromatic carbocycles. The van der Waals surface area contributed by atoms with Gasteiger partial charge in [0.25, 0.3) is 0 Å². The molecule has 0 saturated carbocycles. The number of carbonyl (C=O) groups excluding carboxylic acids is 1. The fourth-order valence-corrected chi connectivity index (χ4v) is 3.94. The first-order valence-electron chi connectivity index (χ1n) is 8.56. The SMILES string of the molecule is CC[S+](=O)(O)c1ccc(Cl)nc1-c1cc2c(cn1)N(CC(F)(F)C(F)(F)F)C(=O)OC2. The molecule has 0 saturated heterocycles. The number of pyridine rings is 2. The number of amides is 1. The average Bonchev–Trinajstić information content (AvgIpc) is 2.68. The maximum absolute atomic E-state index is 13.5. The summed E-state index contributed by atoms with van der Waals surface area (Å²) in [4.78, 5) is 19.9. The number of nitrogens with zero attached hydrogens (tertiary/aromatic N) is 3. The Morgan fingerprint density at radius 3 is 2.58 bits per heavy atom. The Balaban J connectivity index is 2.07. The van der Waals surface area contributed by atoms with Crippen LogP contribution >= 0.6 is 11.6 Å². The molecule has 1 atom stereocenters. The Labute approximate surface area is 178 Å². The number of carbonyl (C=O) groups is 1. The molecule has 1 aliphatic rings. The van der Waals surface area contributed by atoms with Crippen molar-refractivity contribution in [2.24, 2.45) is 0 Å². The first-order chi connectivity index (χ1) is 14.3. The largest absolute Gasteiger partial charge is 0.455 e. The number of ether oxygens (including phenoxy) is 1. The smallest absolute Gasteiger partial charge is 0.444 e. The van der Waals surface area contributed by atoms with E-state index in [0.717, 1.165) is 6.20 Å². The second kappa shape index (κ2) is 7.95. The molecule has 168 valence electrons. The summed E-state index contributed by atoms with van der Waals surface area (Å²) < 4.78 is 92.2. The lowest BCUT2D eigenvalue weighted by Gasteiger charge is -2.32. The zero-order valence-electron chi connectivity index (χ0n) is 15.6. The van der Waals surface area contributed by atoms with Gasteiger partial charge in [-0.1, -0.05) is 15.8 Å². The van der Waals surface area contributed by atoms with Gasteiger partial charge < -0.3 is 4.74 Å². The van der Waals surface area contributed by atoms with Gasteiger partial charge in [-0.2, -0.15) is 26.5 Å². The highest BCUT2D eigenvalue weighted by molar-refractivity contribution is 7.97. The molecule has 1 N–H and O–H groups in total. The van der Waals surface area contributed by atoms with E-state index in [2.05, 4.69) is 9.97 Å². The van der Waals surface area contributed by atoms with E-state index < -0.39 is 41.6 Å². The number of alkyl halides is 5. The number of aromatic nitrogens is 2. The third kappa shape index (κ3) is 4.48. The Kier molecular flexibility index (Phi) is 5.97. The van der Waals surface area contributed by atoms with Gasteiger partial charge in [0.05, 0.1) is 17.6 Å². The van der Waals surface area contributed by atoms with Gasteiger partial charge in [-0.25, -0.2) is 9.78 Å². The van der Waals surface area contributed by atoms with Gasteiger partial charge in [0.2, 0.25) is 15.1 Å². The summed E-state index contributed by atoms with van der Waals surface area (Å²) in [5.41, 5.74) is -0.343. The average molecular weight is 487 g/mol. The number of anilines is 1. The summed E-state index contributed by atoms with van der Waals surface area (Å²) in [6.07, 6.45) is -6.37. The van der Waals surface area contributed by atoms with Crippen LogP contribution in [0.4, 0.5) is 32.4 Å². The predicted molar refractivity (Wildman–Crippen MR) is 100 cm³/mol. The molecule has 0 spiro atoms. The van der Waals surface area contributed by atoms with Gasteiger partial charge in [-0.15, -0.1) is 0 Å². The van der Waals surface area contributed by atoms with Crippen molar-refractivity contribution in [2.45, 2.75) is 30.5 Å². The number of halogens is 6. The number of hydrogen-bond acceptors (Lipinski definition) is 5. The zero-order chi connectivity index (χ0) is 23.2. The minimum atomic E-state index is -5.88. The molecule has 1 aliphatic heterocycles. The summed E-state index contributed by atoms with van der Waals surface area (Å²) in [5.74, 6) is -5.34. The lowest BCUT2D eigenvalue weighted by Crippen LogP contribution is -2.50. The molecule has 3 heterocycles. The topological polar surface area (TPSA) is 92.6 Å². The van der Waals surface area contributed by atoms with Crippen LogP contribution in [-0.2, 0) is 25.8 Å². The van der Waals surface area contributed by atoms with Crippen LogP contribution in [0, 0.1) is 0 Å². The molecule has 2 aromatic rings. The molecule has 31 heavy (non-hydrogen) atoms. The van der Waals surface area contributed by atoms with Crippen LogP contribution < -0.4 is 4.90 Å². The van der Waals surface area contributed by atoms with Gasteiger partial charge in [-0.3, -0.25) is 9.88 Å². The summed E-state index contributed by atoms with van der Waals surface area (Å²) in [7, 11) is -3.51. The van der Waals surface area contributed by atoms with Gasteiger partial charge in [0.15, 0.2) is 0 Å². The molecule has 14 heteroatoms. The van der Waals surface area contributed by atoms with Crippen LogP contribution in [0.5, 0.6) is 0 Å². The van der Waals surface area contributed by atoms with Crippen molar-refractivity contribution in [3.63, 3.8) is 0 Å². The maximum atomic E-state index is 13.5. The van der Waals surface area contributed by atoms with E-state index in [1.54, 1.807) is 0 Å². The van der Waals surface area contributed by atoms with Crippen molar-refractivity contribution in [2.75, 3.05) is 17.2 Å². The number of rotatable bonds is 5. The van der Waals surface area contributed by atoms with E-state index in [-0.39, 0.29) is 43.3 Å². The van der Waals surface area contributed by atoms with Crippen LogP contribution in [0.2, 0.25) is 5.15 Å². The second-order valence-electron chi connectivity index (χ2n) is 6.45. The quantitative estimate of drug-likeness (QED) is 0.371. The molecular formula is C17H14ClF5N3O4S+. The van der Waals surface area contributed by atoms with Crippen molar-refractivity contribution in [3.8, 4) is 11.4 Å². The van der Waals surface area contributed by atoms with Crippen LogP contribution in [0.3, 0.4) is 0 Å². The highest BCUT2D eigenvalue weighted by Crippen LogP contribution is 2.39. The van der Waals surface area contributed by atoms with Crippen LogP contribution in [0.25, 0.3) is 11.4 Å². The van der Waals surface area contributed by atoms with E-state index in [1.165, 1.54) is 25.1 Å². The minimum absolute atomic E-state index is 0.00745. The van der Waals surface area contributed by atoms with Gasteiger partial charge in [0, 0.05) is 11.6 Å². The van der Waals surface area contributed by atoms with Crippen molar-refractivity contribution in [3.05, 3.63) is 35.1 Å². The summed E-state index contributed by atoms with van der Waals surface area (Å²) in [6, 6.07) is 3.80. The van der Waals surface area contributed by atoms with Crippen molar-refractivity contribution < 1.29 is 40.2 Å². The number of cyclic esters (lactones) is 1. The lowest BCUT2D eigenvalue weighted by atomic mass is 10.1. The molecule has 0 radical (unpaired) electrons. The van der Waals surface area contributed by atoms with Crippen molar-refractivity contribution >= 4 is 33.6 Å². The fourth-order valence-electron chi connectivity index (χ4n) is 2.75. The van der Waals surface area contributed by atoms with E-state index >= 15 is 0 Å². The van der Waals surface area contributed by atoms with E-state index in [4.69, 9.17) is 16.3 Å².